The number of hydrogen-bond acceptors (Lipinski definition) is 7. The van der Waals surface area contributed by atoms with Crippen LogP contribution in [0.5, 0.6) is 0 Å². The first-order valence-corrected chi connectivity index (χ1v) is 9.98. The van der Waals surface area contributed by atoms with Crippen molar-refractivity contribution in [3.05, 3.63) is 69.0 Å². The highest BCUT2D eigenvalue weighted by molar-refractivity contribution is 6.32. The van der Waals surface area contributed by atoms with Crippen LogP contribution < -0.4 is 4.90 Å². The zero-order valence-corrected chi connectivity index (χ0v) is 18.3. The van der Waals surface area contributed by atoms with E-state index in [1.165, 1.54) is 38.5 Å². The number of nitro groups is 1. The van der Waals surface area contributed by atoms with Crippen molar-refractivity contribution in [1.82, 2.24) is 4.90 Å². The molecule has 2 aromatic carbocycles. The molecule has 1 unspecified atom stereocenters. The van der Waals surface area contributed by atoms with Crippen molar-refractivity contribution in [3.8, 4) is 0 Å². The van der Waals surface area contributed by atoms with Gasteiger partial charge in [0, 0.05) is 25.8 Å². The van der Waals surface area contributed by atoms with Crippen molar-refractivity contribution in [1.29, 1.82) is 0 Å². The third-order valence-electron chi connectivity index (χ3n) is 5.11. The van der Waals surface area contributed by atoms with Crippen molar-refractivity contribution < 1.29 is 33.2 Å². The van der Waals surface area contributed by atoms with Crippen LogP contribution in [0, 0.1) is 15.9 Å². The van der Waals surface area contributed by atoms with E-state index in [4.69, 9.17) is 21.1 Å². The maximum absolute atomic E-state index is 13.3. The van der Waals surface area contributed by atoms with Gasteiger partial charge in [-0.05, 0) is 36.4 Å². The van der Waals surface area contributed by atoms with Gasteiger partial charge in [0.2, 0.25) is 5.91 Å². The number of rotatable bonds is 8. The predicted octanol–water partition coefficient (Wildman–Crippen LogP) is 2.78. The van der Waals surface area contributed by atoms with Crippen LogP contribution in [0.15, 0.2) is 42.5 Å². The number of nitrogens with zero attached hydrogens (tertiary/aromatic N) is 3. The van der Waals surface area contributed by atoms with Crippen molar-refractivity contribution in [3.63, 3.8) is 0 Å². The van der Waals surface area contributed by atoms with Crippen LogP contribution >= 0.6 is 11.6 Å². The Labute approximate surface area is 192 Å². The highest BCUT2D eigenvalue weighted by atomic mass is 35.5. The first-order chi connectivity index (χ1) is 15.7. The molecule has 0 N–H and O–H groups in total. The molecule has 0 bridgehead atoms. The lowest BCUT2D eigenvalue weighted by Gasteiger charge is -2.30. The van der Waals surface area contributed by atoms with Gasteiger partial charge in [0.25, 0.3) is 17.5 Å². The Morgan fingerprint density at radius 2 is 1.88 bits per heavy atom. The fourth-order valence-electron chi connectivity index (χ4n) is 3.43. The van der Waals surface area contributed by atoms with Crippen LogP contribution in [-0.4, -0.2) is 60.6 Å². The second kappa shape index (κ2) is 10.0. The molecular formula is C21H19ClFN3O7. The van der Waals surface area contributed by atoms with Crippen molar-refractivity contribution in [2.75, 3.05) is 25.7 Å². The topological polar surface area (TPSA) is 119 Å². The number of anilines is 1. The van der Waals surface area contributed by atoms with Crippen molar-refractivity contribution in [2.45, 2.75) is 18.8 Å². The Morgan fingerprint density at radius 3 is 2.45 bits per heavy atom. The Bertz CT molecular complexity index is 1090. The van der Waals surface area contributed by atoms with E-state index in [1.54, 1.807) is 0 Å². The number of carbonyl (C=O) groups excluding carboxylic acids is 3. The summed E-state index contributed by atoms with van der Waals surface area (Å²) < 4.78 is 23.6. The van der Waals surface area contributed by atoms with E-state index in [1.807, 2.05) is 0 Å². The fraction of sp³-hybridized carbons (Fsp3) is 0.286. The van der Waals surface area contributed by atoms with Gasteiger partial charge < -0.3 is 14.4 Å². The summed E-state index contributed by atoms with van der Waals surface area (Å²) in [7, 11) is 2.66. The standard InChI is InChI=1S/C21H19ClFN3O7/c1-32-19(33-2)11-24(20(28)12-3-8-15(22)16(9-12)26(30)31)17-10-18(27)25(21(17)29)14-6-4-13(23)5-7-14/h3-9,17,19H,10-11H2,1-2H3. The van der Waals surface area contributed by atoms with Crippen LogP contribution in [0.4, 0.5) is 15.8 Å². The van der Waals surface area contributed by atoms with Gasteiger partial charge in [0.15, 0.2) is 6.29 Å². The van der Waals surface area contributed by atoms with Crippen LogP contribution in [0.25, 0.3) is 0 Å². The number of amides is 3. The molecule has 33 heavy (non-hydrogen) atoms. The Balaban J connectivity index is 1.99. The average Bonchev–Trinajstić information content (AvgIpc) is 3.08. The second-order valence-electron chi connectivity index (χ2n) is 7.05. The molecule has 1 heterocycles. The van der Waals surface area contributed by atoms with Crippen molar-refractivity contribution in [2.24, 2.45) is 0 Å². The highest BCUT2D eigenvalue weighted by Crippen LogP contribution is 2.29. The van der Waals surface area contributed by atoms with Gasteiger partial charge in [-0.1, -0.05) is 11.6 Å². The molecule has 1 aliphatic heterocycles. The first kappa shape index (κ1) is 24.2. The minimum absolute atomic E-state index is 0.113. The van der Waals surface area contributed by atoms with Gasteiger partial charge >= 0.3 is 0 Å². The van der Waals surface area contributed by atoms with Gasteiger partial charge in [-0.25, -0.2) is 9.29 Å². The molecule has 0 saturated carbocycles. The molecule has 1 aliphatic rings. The lowest BCUT2D eigenvalue weighted by atomic mass is 10.1. The predicted molar refractivity (Wildman–Crippen MR) is 114 cm³/mol. The Morgan fingerprint density at radius 1 is 1.24 bits per heavy atom. The Kier molecular flexibility index (Phi) is 7.36. The van der Waals surface area contributed by atoms with E-state index < -0.39 is 46.5 Å². The maximum Gasteiger partial charge on any atom is 0.288 e. The summed E-state index contributed by atoms with van der Waals surface area (Å²) in [6.45, 7) is -0.247. The van der Waals surface area contributed by atoms with E-state index in [2.05, 4.69) is 0 Å². The summed E-state index contributed by atoms with van der Waals surface area (Å²) in [5.74, 6) is -2.61. The number of benzene rings is 2. The number of halogens is 2. The summed E-state index contributed by atoms with van der Waals surface area (Å²) in [5.41, 5.74) is -0.449. The first-order valence-electron chi connectivity index (χ1n) is 9.60. The maximum atomic E-state index is 13.3. The monoisotopic (exact) mass is 479 g/mol. The van der Waals surface area contributed by atoms with Gasteiger partial charge in [-0.3, -0.25) is 24.5 Å². The van der Waals surface area contributed by atoms with E-state index in [0.717, 1.165) is 28.0 Å². The molecule has 3 amide bonds. The normalized spacial score (nSPS) is 15.9. The third-order valence-corrected chi connectivity index (χ3v) is 5.43. The molecule has 2 aromatic rings. The molecule has 12 heteroatoms. The van der Waals surface area contributed by atoms with E-state index in [9.17, 15) is 28.9 Å². The summed E-state index contributed by atoms with van der Waals surface area (Å²) in [6, 6.07) is 6.98. The quantitative estimate of drug-likeness (QED) is 0.247. The minimum Gasteiger partial charge on any atom is -0.354 e. The largest absolute Gasteiger partial charge is 0.354 e. The van der Waals surface area contributed by atoms with Crippen LogP contribution in [-0.2, 0) is 19.1 Å². The lowest BCUT2D eigenvalue weighted by Crippen LogP contribution is -2.49. The van der Waals surface area contributed by atoms with Gasteiger partial charge in [0.05, 0.1) is 23.6 Å². The second-order valence-corrected chi connectivity index (χ2v) is 7.45. The number of carbonyl (C=O) groups is 3. The lowest BCUT2D eigenvalue weighted by molar-refractivity contribution is -0.384. The minimum atomic E-state index is -1.24. The van der Waals surface area contributed by atoms with E-state index in [0.29, 0.717) is 0 Å². The molecule has 0 spiro atoms. The molecule has 3 rings (SSSR count). The molecule has 0 aliphatic carbocycles. The van der Waals surface area contributed by atoms with Crippen LogP contribution in [0.3, 0.4) is 0 Å². The third kappa shape index (κ3) is 5.00. The SMILES string of the molecule is COC(CN(C(=O)c1ccc(Cl)c([N+](=O)[O-])c1)C1CC(=O)N(c2ccc(F)cc2)C1=O)OC. The summed E-state index contributed by atoms with van der Waals surface area (Å²) in [5, 5.41) is 11.1. The molecule has 0 radical (unpaired) electrons. The highest BCUT2D eigenvalue weighted by Gasteiger charge is 2.45. The van der Waals surface area contributed by atoms with E-state index >= 15 is 0 Å². The Hall–Kier alpha value is -3.41. The number of nitro benzene ring substituents is 1. The summed E-state index contributed by atoms with van der Waals surface area (Å²) in [6.07, 6.45) is -1.29. The number of methoxy groups -OCH3 is 2. The molecule has 10 nitrogen and oxygen atoms in total. The average molecular weight is 480 g/mol. The van der Waals surface area contributed by atoms with Gasteiger partial charge in [0.1, 0.15) is 16.9 Å². The number of hydrogen-bond donors (Lipinski definition) is 0. The van der Waals surface area contributed by atoms with Crippen LogP contribution in [0.2, 0.25) is 5.02 Å². The fourth-order valence-corrected chi connectivity index (χ4v) is 3.62. The molecule has 1 saturated heterocycles. The van der Waals surface area contributed by atoms with Gasteiger partial charge in [-0.2, -0.15) is 0 Å². The zero-order chi connectivity index (χ0) is 24.3. The number of imide groups is 1. The van der Waals surface area contributed by atoms with Crippen molar-refractivity contribution >= 4 is 40.7 Å². The molecule has 0 aromatic heterocycles. The summed E-state index contributed by atoms with van der Waals surface area (Å²) in [4.78, 5) is 51.6. The van der Waals surface area contributed by atoms with E-state index in [-0.39, 0.29) is 29.2 Å². The molecular weight excluding hydrogens is 461 g/mol. The van der Waals surface area contributed by atoms with Crippen LogP contribution in [0.1, 0.15) is 16.8 Å². The smallest absolute Gasteiger partial charge is 0.288 e. The zero-order valence-electron chi connectivity index (χ0n) is 17.6. The molecule has 174 valence electrons. The van der Waals surface area contributed by atoms with Gasteiger partial charge in [-0.15, -0.1) is 0 Å². The molecule has 1 fully saturated rings. The summed E-state index contributed by atoms with van der Waals surface area (Å²) >= 11 is 5.83. The number of ether oxygens (including phenoxy) is 2. The molecule has 1 atom stereocenters.